The van der Waals surface area contributed by atoms with Gasteiger partial charge in [-0.15, -0.1) is 0 Å². The first-order valence-electron chi connectivity index (χ1n) is 5.94. The van der Waals surface area contributed by atoms with Crippen molar-refractivity contribution in [2.45, 2.75) is 13.0 Å². The summed E-state index contributed by atoms with van der Waals surface area (Å²) in [6, 6.07) is 11.8. The summed E-state index contributed by atoms with van der Waals surface area (Å²) >= 11 is 9.38. The normalized spacial score (nSPS) is 11.9. The van der Waals surface area contributed by atoms with Crippen LogP contribution in [0.15, 0.2) is 46.9 Å². The lowest BCUT2D eigenvalue weighted by Gasteiger charge is -2.17. The molecule has 0 saturated carbocycles. The van der Waals surface area contributed by atoms with Crippen molar-refractivity contribution in [3.63, 3.8) is 0 Å². The minimum Gasteiger partial charge on any atom is -0.377 e. The number of benzene rings is 2. The van der Waals surface area contributed by atoms with E-state index in [2.05, 4.69) is 21.2 Å². The number of nitrogens with zero attached hydrogens (tertiary/aromatic N) is 1. The molecule has 0 aliphatic carbocycles. The van der Waals surface area contributed by atoms with E-state index < -0.39 is 0 Å². The SMILES string of the molecule is CC(Nc1cc(Cl)ccc1Br)c1ccccc1[N+](=O)[O-]. The summed E-state index contributed by atoms with van der Waals surface area (Å²) in [7, 11) is 0. The molecule has 1 N–H and O–H groups in total. The Hall–Kier alpha value is -1.59. The molecule has 0 aliphatic rings. The molecule has 0 aromatic heterocycles. The monoisotopic (exact) mass is 354 g/mol. The van der Waals surface area contributed by atoms with Crippen LogP contribution in [0.3, 0.4) is 0 Å². The van der Waals surface area contributed by atoms with Crippen molar-refractivity contribution >= 4 is 38.9 Å². The van der Waals surface area contributed by atoms with Gasteiger partial charge >= 0.3 is 0 Å². The second-order valence-electron chi connectivity index (χ2n) is 4.31. The molecule has 20 heavy (non-hydrogen) atoms. The minimum atomic E-state index is -0.374. The van der Waals surface area contributed by atoms with Gasteiger partial charge in [-0.05, 0) is 41.1 Å². The minimum absolute atomic E-state index is 0.102. The maximum Gasteiger partial charge on any atom is 0.274 e. The Kier molecular flexibility index (Phi) is 4.62. The predicted octanol–water partition coefficient (Wildman–Crippen LogP) is 5.18. The van der Waals surface area contributed by atoms with Gasteiger partial charge in [0, 0.05) is 15.6 Å². The fourth-order valence-electron chi connectivity index (χ4n) is 1.94. The highest BCUT2D eigenvalue weighted by atomic mass is 79.9. The second kappa shape index (κ2) is 6.24. The molecule has 0 radical (unpaired) electrons. The first-order chi connectivity index (χ1) is 9.49. The largest absolute Gasteiger partial charge is 0.377 e. The lowest BCUT2D eigenvalue weighted by Crippen LogP contribution is -2.09. The molecule has 0 amide bonds. The van der Waals surface area contributed by atoms with E-state index in [1.807, 2.05) is 13.0 Å². The van der Waals surface area contributed by atoms with Gasteiger partial charge in [-0.3, -0.25) is 10.1 Å². The quantitative estimate of drug-likeness (QED) is 0.607. The number of nitro groups is 1. The van der Waals surface area contributed by atoms with Crippen LogP contribution in [0.4, 0.5) is 11.4 Å². The first-order valence-corrected chi connectivity index (χ1v) is 7.11. The Morgan fingerprint density at radius 1 is 1.30 bits per heavy atom. The number of hydrogen-bond donors (Lipinski definition) is 1. The van der Waals surface area contributed by atoms with E-state index >= 15 is 0 Å². The molecule has 2 aromatic carbocycles. The van der Waals surface area contributed by atoms with E-state index in [9.17, 15) is 10.1 Å². The standard InChI is InChI=1S/C14H12BrClN2O2/c1-9(11-4-2-3-5-14(11)18(19)20)17-13-8-10(16)6-7-12(13)15/h2-9,17H,1H3. The molecule has 0 saturated heterocycles. The van der Waals surface area contributed by atoms with Gasteiger partial charge in [0.1, 0.15) is 0 Å². The fourth-order valence-corrected chi connectivity index (χ4v) is 2.47. The Morgan fingerprint density at radius 3 is 2.70 bits per heavy atom. The zero-order valence-corrected chi connectivity index (χ0v) is 13.0. The molecule has 0 fully saturated rings. The summed E-state index contributed by atoms with van der Waals surface area (Å²) in [5, 5.41) is 14.9. The highest BCUT2D eigenvalue weighted by Gasteiger charge is 2.18. The van der Waals surface area contributed by atoms with Crippen molar-refractivity contribution in [2.24, 2.45) is 0 Å². The van der Waals surface area contributed by atoms with Crippen LogP contribution in [-0.2, 0) is 0 Å². The second-order valence-corrected chi connectivity index (χ2v) is 5.60. The van der Waals surface area contributed by atoms with Gasteiger partial charge in [-0.25, -0.2) is 0 Å². The van der Waals surface area contributed by atoms with Crippen LogP contribution < -0.4 is 5.32 Å². The third-order valence-corrected chi connectivity index (χ3v) is 3.83. The fraction of sp³-hybridized carbons (Fsp3) is 0.143. The number of para-hydroxylation sites is 1. The lowest BCUT2D eigenvalue weighted by molar-refractivity contribution is -0.385. The van der Waals surface area contributed by atoms with Gasteiger partial charge in [-0.2, -0.15) is 0 Å². The Labute approximate surface area is 130 Å². The lowest BCUT2D eigenvalue weighted by atomic mass is 10.1. The average molecular weight is 356 g/mol. The van der Waals surface area contributed by atoms with Crippen LogP contribution in [0, 0.1) is 10.1 Å². The Balaban J connectivity index is 2.31. The molecule has 1 unspecified atom stereocenters. The maximum atomic E-state index is 11.0. The van der Waals surface area contributed by atoms with Gasteiger partial charge in [0.2, 0.25) is 0 Å². The molecule has 0 spiro atoms. The molecule has 0 bridgehead atoms. The van der Waals surface area contributed by atoms with Crippen molar-refractivity contribution in [3.8, 4) is 0 Å². The number of nitrogens with one attached hydrogen (secondary N) is 1. The van der Waals surface area contributed by atoms with Gasteiger partial charge in [0.25, 0.3) is 5.69 Å². The molecule has 2 rings (SSSR count). The summed E-state index contributed by atoms with van der Waals surface area (Å²) in [6.45, 7) is 1.87. The van der Waals surface area contributed by atoms with E-state index in [0.29, 0.717) is 10.6 Å². The van der Waals surface area contributed by atoms with Crippen molar-refractivity contribution in [3.05, 3.63) is 67.6 Å². The molecular formula is C14H12BrClN2O2. The number of rotatable bonds is 4. The number of halogens is 2. The van der Waals surface area contributed by atoms with E-state index in [1.54, 1.807) is 30.3 Å². The highest BCUT2D eigenvalue weighted by Crippen LogP contribution is 2.32. The number of nitro benzene ring substituents is 1. The summed E-state index contributed by atoms with van der Waals surface area (Å²) in [6.07, 6.45) is 0. The molecule has 6 heteroatoms. The zero-order chi connectivity index (χ0) is 14.7. The molecule has 104 valence electrons. The van der Waals surface area contributed by atoms with Crippen LogP contribution in [0.2, 0.25) is 5.02 Å². The highest BCUT2D eigenvalue weighted by molar-refractivity contribution is 9.10. The van der Waals surface area contributed by atoms with Gasteiger partial charge in [0.15, 0.2) is 0 Å². The smallest absolute Gasteiger partial charge is 0.274 e. The summed E-state index contributed by atoms with van der Waals surface area (Å²) in [4.78, 5) is 10.7. The van der Waals surface area contributed by atoms with E-state index in [-0.39, 0.29) is 16.7 Å². The van der Waals surface area contributed by atoms with E-state index in [4.69, 9.17) is 11.6 Å². The predicted molar refractivity (Wildman–Crippen MR) is 84.3 cm³/mol. The van der Waals surface area contributed by atoms with Crippen molar-refractivity contribution in [1.82, 2.24) is 0 Å². The van der Waals surface area contributed by atoms with Crippen molar-refractivity contribution in [1.29, 1.82) is 0 Å². The van der Waals surface area contributed by atoms with E-state index in [0.717, 1.165) is 10.2 Å². The molecule has 2 aromatic rings. The number of hydrogen-bond acceptors (Lipinski definition) is 3. The van der Waals surface area contributed by atoms with Crippen LogP contribution in [0.5, 0.6) is 0 Å². The van der Waals surface area contributed by atoms with Crippen molar-refractivity contribution in [2.75, 3.05) is 5.32 Å². The van der Waals surface area contributed by atoms with Gasteiger partial charge in [0.05, 0.1) is 22.2 Å². The number of anilines is 1. The maximum absolute atomic E-state index is 11.0. The third kappa shape index (κ3) is 3.29. The van der Waals surface area contributed by atoms with Crippen LogP contribution >= 0.6 is 27.5 Å². The molecular weight excluding hydrogens is 344 g/mol. The average Bonchev–Trinajstić information content (AvgIpc) is 2.42. The van der Waals surface area contributed by atoms with Crippen LogP contribution in [0.25, 0.3) is 0 Å². The molecule has 1 atom stereocenters. The molecule has 4 nitrogen and oxygen atoms in total. The zero-order valence-electron chi connectivity index (χ0n) is 10.6. The van der Waals surface area contributed by atoms with E-state index in [1.165, 1.54) is 6.07 Å². The van der Waals surface area contributed by atoms with Crippen LogP contribution in [0.1, 0.15) is 18.5 Å². The Morgan fingerprint density at radius 2 is 2.00 bits per heavy atom. The van der Waals surface area contributed by atoms with Crippen molar-refractivity contribution < 1.29 is 4.92 Å². The molecule has 0 heterocycles. The molecule has 0 aliphatic heterocycles. The van der Waals surface area contributed by atoms with Gasteiger partial charge in [-0.1, -0.05) is 29.8 Å². The summed E-state index contributed by atoms with van der Waals surface area (Å²) in [5.74, 6) is 0. The van der Waals surface area contributed by atoms with Crippen LogP contribution in [-0.4, -0.2) is 4.92 Å². The topological polar surface area (TPSA) is 55.2 Å². The Bertz CT molecular complexity index is 649. The first kappa shape index (κ1) is 14.8. The summed E-state index contributed by atoms with van der Waals surface area (Å²) < 4.78 is 0.854. The van der Waals surface area contributed by atoms with Gasteiger partial charge < -0.3 is 5.32 Å². The third-order valence-electron chi connectivity index (χ3n) is 2.90. The summed E-state index contributed by atoms with van der Waals surface area (Å²) in [5.41, 5.74) is 1.53.